The van der Waals surface area contributed by atoms with Gasteiger partial charge < -0.3 is 0 Å². The molecule has 0 saturated heterocycles. The van der Waals surface area contributed by atoms with Crippen molar-refractivity contribution >= 4 is 11.6 Å². The number of hydrogen-bond acceptors (Lipinski definition) is 1. The van der Waals surface area contributed by atoms with Gasteiger partial charge in [0.1, 0.15) is 0 Å². The van der Waals surface area contributed by atoms with Crippen molar-refractivity contribution in [3.8, 4) is 0 Å². The van der Waals surface area contributed by atoms with Crippen LogP contribution in [0.25, 0.3) is 0 Å². The molecule has 1 aromatic heterocycles. The second-order valence-corrected chi connectivity index (χ2v) is 2.85. The Hall–Kier alpha value is -0.560. The summed E-state index contributed by atoms with van der Waals surface area (Å²) in [5.74, 6) is 0. The molecule has 1 heterocycles. The number of nitrogens with zero attached hydrogens (tertiary/aromatic N) is 1. The van der Waals surface area contributed by atoms with E-state index in [4.69, 9.17) is 11.6 Å². The quantitative estimate of drug-likeness (QED) is 0.664. The first-order valence-corrected chi connectivity index (χ1v) is 4.30. The van der Waals surface area contributed by atoms with Gasteiger partial charge in [0.2, 0.25) is 0 Å². The van der Waals surface area contributed by atoms with Crippen LogP contribution in [0.5, 0.6) is 0 Å². The van der Waals surface area contributed by atoms with E-state index in [0.717, 1.165) is 29.3 Å². The molecule has 0 aliphatic carbocycles. The van der Waals surface area contributed by atoms with Gasteiger partial charge in [0.15, 0.2) is 0 Å². The number of aryl methyl sites for hydroxylation is 2. The van der Waals surface area contributed by atoms with Crippen LogP contribution in [-0.4, -0.2) is 4.98 Å². The third kappa shape index (κ3) is 1.93. The zero-order valence-electron chi connectivity index (χ0n) is 6.89. The summed E-state index contributed by atoms with van der Waals surface area (Å²) in [5.41, 5.74) is 2.12. The van der Waals surface area contributed by atoms with Crippen molar-refractivity contribution in [1.29, 1.82) is 0 Å². The summed E-state index contributed by atoms with van der Waals surface area (Å²) in [4.78, 5) is 4.38. The number of pyridine rings is 1. The van der Waals surface area contributed by atoms with E-state index in [0.29, 0.717) is 0 Å². The van der Waals surface area contributed by atoms with Gasteiger partial charge in [0.05, 0.1) is 10.7 Å². The Labute approximate surface area is 72.4 Å². The minimum atomic E-state index is 0.782. The Kier molecular flexibility index (Phi) is 2.89. The predicted octanol–water partition coefficient (Wildman–Crippen LogP) is 2.86. The van der Waals surface area contributed by atoms with Gasteiger partial charge in [0, 0.05) is 5.69 Å². The maximum absolute atomic E-state index is 5.89. The Morgan fingerprint density at radius 3 is 2.55 bits per heavy atom. The fraction of sp³-hybridized carbons (Fsp3) is 0.444. The molecule has 1 aromatic rings. The highest BCUT2D eigenvalue weighted by atomic mass is 35.5. The topological polar surface area (TPSA) is 12.9 Å². The lowest BCUT2D eigenvalue weighted by Crippen LogP contribution is -1.93. The summed E-state index contributed by atoms with van der Waals surface area (Å²) in [6, 6.07) is 3.90. The van der Waals surface area contributed by atoms with Crippen LogP contribution >= 0.6 is 11.6 Å². The molecular weight excluding hydrogens is 158 g/mol. The zero-order valence-corrected chi connectivity index (χ0v) is 7.65. The van der Waals surface area contributed by atoms with Gasteiger partial charge in [-0.2, -0.15) is 0 Å². The monoisotopic (exact) mass is 169 g/mol. The highest BCUT2D eigenvalue weighted by Crippen LogP contribution is 2.14. The second kappa shape index (κ2) is 3.72. The molecule has 0 aromatic carbocycles. The molecule has 0 bridgehead atoms. The molecule has 0 amide bonds. The third-order valence-electron chi connectivity index (χ3n) is 1.67. The van der Waals surface area contributed by atoms with Crippen LogP contribution in [0.15, 0.2) is 12.1 Å². The molecule has 0 spiro atoms. The summed E-state index contributed by atoms with van der Waals surface area (Å²) in [6.45, 7) is 4.16. The van der Waals surface area contributed by atoms with Gasteiger partial charge in [-0.1, -0.05) is 25.4 Å². The van der Waals surface area contributed by atoms with Gasteiger partial charge in [-0.05, 0) is 25.0 Å². The SMILES string of the molecule is CCc1ccc(Cl)c(CC)n1. The molecule has 0 N–H and O–H groups in total. The van der Waals surface area contributed by atoms with Crippen molar-refractivity contribution in [2.45, 2.75) is 26.7 Å². The van der Waals surface area contributed by atoms with E-state index in [2.05, 4.69) is 18.8 Å². The summed E-state index contributed by atoms with van der Waals surface area (Å²) in [6.07, 6.45) is 1.89. The van der Waals surface area contributed by atoms with Crippen molar-refractivity contribution in [2.24, 2.45) is 0 Å². The normalized spacial score (nSPS) is 10.1. The van der Waals surface area contributed by atoms with Gasteiger partial charge in [-0.25, -0.2) is 0 Å². The molecule has 0 saturated carbocycles. The van der Waals surface area contributed by atoms with Crippen molar-refractivity contribution in [2.75, 3.05) is 0 Å². The van der Waals surface area contributed by atoms with Crippen LogP contribution in [0, 0.1) is 0 Å². The lowest BCUT2D eigenvalue weighted by molar-refractivity contribution is 0.955. The Bertz CT molecular complexity index is 245. The number of rotatable bonds is 2. The van der Waals surface area contributed by atoms with E-state index in [-0.39, 0.29) is 0 Å². The van der Waals surface area contributed by atoms with Crippen molar-refractivity contribution < 1.29 is 0 Å². The summed E-state index contributed by atoms with van der Waals surface area (Å²) < 4.78 is 0. The first-order valence-electron chi connectivity index (χ1n) is 3.92. The maximum atomic E-state index is 5.89. The van der Waals surface area contributed by atoms with E-state index in [1.54, 1.807) is 0 Å². The predicted molar refractivity (Wildman–Crippen MR) is 48.0 cm³/mol. The van der Waals surface area contributed by atoms with E-state index < -0.39 is 0 Å². The van der Waals surface area contributed by atoms with Gasteiger partial charge in [0.25, 0.3) is 0 Å². The van der Waals surface area contributed by atoms with E-state index in [1.165, 1.54) is 0 Å². The fourth-order valence-corrected chi connectivity index (χ4v) is 1.21. The van der Waals surface area contributed by atoms with Gasteiger partial charge in [-0.3, -0.25) is 4.98 Å². The Morgan fingerprint density at radius 2 is 2.00 bits per heavy atom. The van der Waals surface area contributed by atoms with Crippen molar-refractivity contribution in [3.05, 3.63) is 28.5 Å². The summed E-state index contributed by atoms with van der Waals surface area (Å²) >= 11 is 5.89. The third-order valence-corrected chi connectivity index (χ3v) is 2.02. The minimum Gasteiger partial charge on any atom is -0.256 e. The lowest BCUT2D eigenvalue weighted by Gasteiger charge is -2.01. The highest BCUT2D eigenvalue weighted by Gasteiger charge is 1.99. The molecule has 60 valence electrons. The molecule has 0 unspecified atom stereocenters. The van der Waals surface area contributed by atoms with E-state index in [1.807, 2.05) is 12.1 Å². The smallest absolute Gasteiger partial charge is 0.0621 e. The Morgan fingerprint density at radius 1 is 1.27 bits per heavy atom. The number of halogens is 1. The molecular formula is C9H12ClN. The molecule has 0 atom stereocenters. The molecule has 2 heteroatoms. The zero-order chi connectivity index (χ0) is 8.27. The molecule has 0 aliphatic rings. The molecule has 11 heavy (non-hydrogen) atoms. The molecule has 0 radical (unpaired) electrons. The maximum Gasteiger partial charge on any atom is 0.0621 e. The fourth-order valence-electron chi connectivity index (χ4n) is 0.974. The van der Waals surface area contributed by atoms with Crippen LogP contribution in [0.1, 0.15) is 25.2 Å². The van der Waals surface area contributed by atoms with Crippen LogP contribution in [0.4, 0.5) is 0 Å². The average Bonchev–Trinajstić information content (AvgIpc) is 2.05. The largest absolute Gasteiger partial charge is 0.256 e. The van der Waals surface area contributed by atoms with E-state index in [9.17, 15) is 0 Å². The molecule has 1 nitrogen and oxygen atoms in total. The molecule has 0 aliphatic heterocycles. The standard InChI is InChI=1S/C9H12ClN/c1-3-7-5-6-8(10)9(4-2)11-7/h5-6H,3-4H2,1-2H3. The van der Waals surface area contributed by atoms with Crippen molar-refractivity contribution in [3.63, 3.8) is 0 Å². The van der Waals surface area contributed by atoms with E-state index >= 15 is 0 Å². The van der Waals surface area contributed by atoms with Crippen LogP contribution in [0.2, 0.25) is 5.02 Å². The Balaban J connectivity index is 3.02. The van der Waals surface area contributed by atoms with Crippen LogP contribution < -0.4 is 0 Å². The summed E-state index contributed by atoms with van der Waals surface area (Å²) in [5, 5.41) is 0.782. The van der Waals surface area contributed by atoms with Gasteiger partial charge in [-0.15, -0.1) is 0 Å². The second-order valence-electron chi connectivity index (χ2n) is 2.44. The lowest BCUT2D eigenvalue weighted by atomic mass is 10.2. The summed E-state index contributed by atoms with van der Waals surface area (Å²) in [7, 11) is 0. The van der Waals surface area contributed by atoms with Crippen LogP contribution in [-0.2, 0) is 12.8 Å². The first-order chi connectivity index (χ1) is 5.27. The first kappa shape index (κ1) is 8.54. The molecule has 1 rings (SSSR count). The van der Waals surface area contributed by atoms with Gasteiger partial charge >= 0.3 is 0 Å². The average molecular weight is 170 g/mol. The van der Waals surface area contributed by atoms with Crippen molar-refractivity contribution in [1.82, 2.24) is 4.98 Å². The highest BCUT2D eigenvalue weighted by molar-refractivity contribution is 6.31. The molecule has 0 fully saturated rings. The number of hydrogen-bond donors (Lipinski definition) is 0. The van der Waals surface area contributed by atoms with Crippen LogP contribution in [0.3, 0.4) is 0 Å². The minimum absolute atomic E-state index is 0.782. The number of aromatic nitrogens is 1.